The van der Waals surface area contributed by atoms with Gasteiger partial charge >= 0.3 is 0 Å². The molecule has 5 rings (SSSR count). The van der Waals surface area contributed by atoms with Crippen LogP contribution < -0.4 is 15.5 Å². The Morgan fingerprint density at radius 3 is 2.69 bits per heavy atom. The first kappa shape index (κ1) is 24.1. The van der Waals surface area contributed by atoms with Crippen molar-refractivity contribution in [1.82, 2.24) is 30.7 Å². The molecule has 2 N–H and O–H groups in total. The average Bonchev–Trinajstić information content (AvgIpc) is 3.39. The quantitative estimate of drug-likeness (QED) is 0.461. The minimum absolute atomic E-state index is 0.350. The van der Waals surface area contributed by atoms with E-state index in [9.17, 15) is 9.59 Å². The summed E-state index contributed by atoms with van der Waals surface area (Å²) in [5.74, 6) is 1.62. The van der Waals surface area contributed by atoms with Crippen molar-refractivity contribution in [3.63, 3.8) is 0 Å². The lowest BCUT2D eigenvalue weighted by molar-refractivity contribution is -0.115. The molecule has 2 aliphatic rings. The highest BCUT2D eigenvalue weighted by Crippen LogP contribution is 2.27. The van der Waals surface area contributed by atoms with Crippen LogP contribution in [0.5, 0.6) is 0 Å². The Balaban J connectivity index is 1.10. The van der Waals surface area contributed by atoms with Gasteiger partial charge in [0.05, 0.1) is 27.6 Å². The highest BCUT2D eigenvalue weighted by molar-refractivity contribution is 8.18. The monoisotopic (exact) mass is 505 g/mol. The van der Waals surface area contributed by atoms with Gasteiger partial charge in [-0.2, -0.15) is 0 Å². The highest BCUT2D eigenvalue weighted by Gasteiger charge is 2.26. The van der Waals surface area contributed by atoms with Crippen LogP contribution >= 0.6 is 11.8 Å². The molecule has 3 aromatic heterocycles. The molecule has 5 heterocycles. The molecule has 0 saturated carbocycles. The molecular formula is C25H27N7O3S. The Hall–Kier alpha value is -3.57. The van der Waals surface area contributed by atoms with Gasteiger partial charge in [0.25, 0.3) is 11.1 Å². The van der Waals surface area contributed by atoms with Crippen LogP contribution in [0, 0.1) is 19.8 Å². The number of rotatable bonds is 7. The lowest BCUT2D eigenvalue weighted by Crippen LogP contribution is -2.38. The molecule has 0 aliphatic carbocycles. The second kappa shape index (κ2) is 10.6. The number of nitrogens with zero attached hydrogens (tertiary/aromatic N) is 5. The third-order valence-corrected chi connectivity index (χ3v) is 7.17. The normalized spacial score (nSPS) is 17.7. The minimum atomic E-state index is -0.384. The van der Waals surface area contributed by atoms with E-state index in [4.69, 9.17) is 4.52 Å². The van der Waals surface area contributed by atoms with E-state index in [1.807, 2.05) is 26.1 Å². The Labute approximate surface area is 213 Å². The van der Waals surface area contributed by atoms with E-state index in [0.29, 0.717) is 22.5 Å². The smallest absolute Gasteiger partial charge is 0.290 e. The number of amides is 2. The number of anilines is 1. The van der Waals surface area contributed by atoms with Crippen molar-refractivity contribution in [2.24, 2.45) is 5.92 Å². The predicted octanol–water partition coefficient (Wildman–Crippen LogP) is 3.47. The Morgan fingerprint density at radius 1 is 1.19 bits per heavy atom. The molecule has 0 aromatic carbocycles. The Morgan fingerprint density at radius 2 is 2.03 bits per heavy atom. The van der Waals surface area contributed by atoms with Crippen LogP contribution in [0.1, 0.15) is 35.6 Å². The molecule has 10 nitrogen and oxygen atoms in total. The fraction of sp³-hybridized carbons (Fsp3) is 0.360. The van der Waals surface area contributed by atoms with Crippen molar-refractivity contribution in [2.45, 2.75) is 33.2 Å². The summed E-state index contributed by atoms with van der Waals surface area (Å²) >= 11 is 0.887. The summed E-state index contributed by atoms with van der Waals surface area (Å²) in [7, 11) is 0. The zero-order valence-electron chi connectivity index (χ0n) is 20.2. The maximum Gasteiger partial charge on any atom is 0.290 e. The van der Waals surface area contributed by atoms with Crippen molar-refractivity contribution >= 4 is 34.9 Å². The zero-order valence-corrected chi connectivity index (χ0v) is 21.0. The number of hydrogen-bond donors (Lipinski definition) is 2. The number of carbonyl (C=O) groups excluding carboxylic acids is 2. The van der Waals surface area contributed by atoms with Crippen LogP contribution in [0.4, 0.5) is 10.7 Å². The third-order valence-electron chi connectivity index (χ3n) is 6.36. The van der Waals surface area contributed by atoms with Crippen LogP contribution in [0.2, 0.25) is 0 Å². The molecule has 0 spiro atoms. The number of aryl methyl sites for hydroxylation is 2. The summed E-state index contributed by atoms with van der Waals surface area (Å²) in [5, 5.41) is 9.46. The molecular weight excluding hydrogens is 478 g/mol. The molecule has 0 atom stereocenters. The van der Waals surface area contributed by atoms with Gasteiger partial charge < -0.3 is 14.7 Å². The highest BCUT2D eigenvalue weighted by atomic mass is 32.2. The molecule has 3 aromatic rings. The molecule has 0 unspecified atom stereocenters. The SMILES string of the molecule is Cc1noc(C)c1-c1ccc(CNCC2CCN(c3nccc(/C=C4\SC(=O)NC4=O)n3)CC2)cn1. The number of hydrogen-bond acceptors (Lipinski definition) is 10. The molecule has 2 saturated heterocycles. The molecule has 2 fully saturated rings. The Kier molecular flexibility index (Phi) is 7.10. The van der Waals surface area contributed by atoms with Gasteiger partial charge in [-0.3, -0.25) is 19.9 Å². The van der Waals surface area contributed by atoms with E-state index in [1.165, 1.54) is 0 Å². The molecule has 186 valence electrons. The van der Waals surface area contributed by atoms with Crippen molar-refractivity contribution in [2.75, 3.05) is 24.5 Å². The third kappa shape index (κ3) is 5.47. The molecule has 11 heteroatoms. The summed E-state index contributed by atoms with van der Waals surface area (Å²) in [6, 6.07) is 5.84. The van der Waals surface area contributed by atoms with Crippen molar-refractivity contribution in [3.8, 4) is 11.3 Å². The number of carbonyl (C=O) groups is 2. The molecule has 2 aliphatic heterocycles. The fourth-order valence-electron chi connectivity index (χ4n) is 4.43. The second-order valence-electron chi connectivity index (χ2n) is 8.95. The van der Waals surface area contributed by atoms with Gasteiger partial charge in [-0.05, 0) is 74.7 Å². The fourth-order valence-corrected chi connectivity index (χ4v) is 5.10. The molecule has 36 heavy (non-hydrogen) atoms. The summed E-state index contributed by atoms with van der Waals surface area (Å²) in [5.41, 5.74) is 4.44. The van der Waals surface area contributed by atoms with Gasteiger partial charge in [-0.25, -0.2) is 9.97 Å². The largest absolute Gasteiger partial charge is 0.361 e. The number of aromatic nitrogens is 4. The first-order valence-corrected chi connectivity index (χ1v) is 12.7. The summed E-state index contributed by atoms with van der Waals surface area (Å²) in [6.45, 7) is 7.27. The number of pyridine rings is 1. The van der Waals surface area contributed by atoms with E-state index in [2.05, 4.69) is 41.7 Å². The Bertz CT molecular complexity index is 1280. The summed E-state index contributed by atoms with van der Waals surface area (Å²) in [6.07, 6.45) is 7.30. The van der Waals surface area contributed by atoms with Gasteiger partial charge in [-0.15, -0.1) is 0 Å². The maximum atomic E-state index is 11.8. The molecule has 2 amide bonds. The maximum absolute atomic E-state index is 11.8. The first-order valence-electron chi connectivity index (χ1n) is 11.9. The number of nitrogens with one attached hydrogen (secondary N) is 2. The van der Waals surface area contributed by atoms with E-state index < -0.39 is 0 Å². The number of piperidine rings is 1. The summed E-state index contributed by atoms with van der Waals surface area (Å²) < 4.78 is 5.25. The minimum Gasteiger partial charge on any atom is -0.361 e. The van der Waals surface area contributed by atoms with Crippen LogP contribution in [0.15, 0.2) is 40.0 Å². The number of thioether (sulfide) groups is 1. The number of imide groups is 1. The average molecular weight is 506 g/mol. The van der Waals surface area contributed by atoms with Crippen LogP contribution in [-0.2, 0) is 11.3 Å². The van der Waals surface area contributed by atoms with Gasteiger partial charge in [0, 0.05) is 32.0 Å². The lowest BCUT2D eigenvalue weighted by atomic mass is 9.97. The lowest BCUT2D eigenvalue weighted by Gasteiger charge is -2.32. The molecule has 0 radical (unpaired) electrons. The van der Waals surface area contributed by atoms with E-state index in [1.54, 1.807) is 18.3 Å². The second-order valence-corrected chi connectivity index (χ2v) is 9.96. The standard InChI is InChI=1S/C25H27N7O3S/c1-15-22(16(2)35-31-15)20-4-3-18(14-28-20)13-26-12-17-6-9-32(10-7-17)24-27-8-5-19(29-24)11-21-23(33)30-25(34)36-21/h3-5,8,11,14,17,26H,6-7,9-10,12-13H2,1-2H3,(H,30,33,34)/b21-11-. The molecule has 0 bridgehead atoms. The van der Waals surface area contributed by atoms with Crippen LogP contribution in [0.25, 0.3) is 17.3 Å². The van der Waals surface area contributed by atoms with Crippen molar-refractivity contribution < 1.29 is 14.1 Å². The first-order chi connectivity index (χ1) is 17.5. The van der Waals surface area contributed by atoms with E-state index in [-0.39, 0.29) is 11.1 Å². The zero-order chi connectivity index (χ0) is 25.1. The topological polar surface area (TPSA) is 126 Å². The van der Waals surface area contributed by atoms with E-state index in [0.717, 1.165) is 79.1 Å². The van der Waals surface area contributed by atoms with Gasteiger partial charge in [0.2, 0.25) is 5.95 Å². The van der Waals surface area contributed by atoms with Crippen molar-refractivity contribution in [1.29, 1.82) is 0 Å². The van der Waals surface area contributed by atoms with Gasteiger partial charge in [0.15, 0.2) is 0 Å². The summed E-state index contributed by atoms with van der Waals surface area (Å²) in [4.78, 5) is 39.3. The van der Waals surface area contributed by atoms with Gasteiger partial charge in [-0.1, -0.05) is 11.2 Å². The predicted molar refractivity (Wildman–Crippen MR) is 137 cm³/mol. The van der Waals surface area contributed by atoms with Gasteiger partial charge in [0.1, 0.15) is 5.76 Å². The van der Waals surface area contributed by atoms with Crippen molar-refractivity contribution in [3.05, 3.63) is 58.2 Å². The van der Waals surface area contributed by atoms with Crippen LogP contribution in [-0.4, -0.2) is 50.9 Å². The van der Waals surface area contributed by atoms with Crippen LogP contribution in [0.3, 0.4) is 0 Å². The van der Waals surface area contributed by atoms with E-state index >= 15 is 0 Å².